The maximum absolute atomic E-state index is 9.78. The lowest BCUT2D eigenvalue weighted by molar-refractivity contribution is 0.219. The summed E-state index contributed by atoms with van der Waals surface area (Å²) in [5.41, 5.74) is 0.557. The molecule has 2 N–H and O–H groups in total. The predicted octanol–water partition coefficient (Wildman–Crippen LogP) is 1.26. The summed E-state index contributed by atoms with van der Waals surface area (Å²) in [4.78, 5) is 2.07. The van der Waals surface area contributed by atoms with Crippen molar-refractivity contribution >= 4 is 11.3 Å². The second kappa shape index (κ2) is 3.27. The number of aliphatic hydroxyl groups excluding tert-OH is 1. The first-order valence-electron chi connectivity index (χ1n) is 3.87. The van der Waals surface area contributed by atoms with Crippen molar-refractivity contribution in [3.05, 3.63) is 33.8 Å². The number of aryl methyl sites for hydroxylation is 1. The Morgan fingerprint density at radius 3 is 2.92 bits per heavy atom. The van der Waals surface area contributed by atoms with Crippen molar-refractivity contribution in [1.29, 1.82) is 0 Å². The minimum Gasteiger partial charge on any atom is -0.381 e. The largest absolute Gasteiger partial charge is 0.381 e. The monoisotopic (exact) mass is 195 g/mol. The number of nitrogens with one attached hydrogen (secondary N) is 1. The van der Waals surface area contributed by atoms with E-state index in [4.69, 9.17) is 0 Å². The minimum absolute atomic E-state index is 0.557. The Balaban J connectivity index is 2.28. The molecule has 0 aromatic carbocycles. The summed E-state index contributed by atoms with van der Waals surface area (Å²) in [6.07, 6.45) is 0.872. The fourth-order valence-corrected chi connectivity index (χ4v) is 1.96. The van der Waals surface area contributed by atoms with E-state index in [1.54, 1.807) is 11.3 Å². The number of thiophene rings is 1. The highest BCUT2D eigenvalue weighted by molar-refractivity contribution is 7.12. The van der Waals surface area contributed by atoms with Crippen molar-refractivity contribution in [3.63, 3.8) is 0 Å². The average Bonchev–Trinajstić information content (AvgIpc) is 2.72. The number of aromatic nitrogens is 3. The SMILES string of the molecule is Cc1ccc(C(O)c2cn[nH]n2)s1. The van der Waals surface area contributed by atoms with E-state index in [1.165, 1.54) is 11.1 Å². The number of aromatic amines is 1. The Hall–Kier alpha value is -1.20. The Bertz CT molecular complexity index is 382. The van der Waals surface area contributed by atoms with Gasteiger partial charge in [0.25, 0.3) is 0 Å². The summed E-state index contributed by atoms with van der Waals surface area (Å²) < 4.78 is 0. The van der Waals surface area contributed by atoms with E-state index >= 15 is 0 Å². The zero-order valence-corrected chi connectivity index (χ0v) is 7.88. The summed E-state index contributed by atoms with van der Waals surface area (Å²) in [7, 11) is 0. The van der Waals surface area contributed by atoms with Gasteiger partial charge >= 0.3 is 0 Å². The molecule has 2 aromatic heterocycles. The first-order chi connectivity index (χ1) is 6.27. The number of hydrogen-bond acceptors (Lipinski definition) is 4. The van der Waals surface area contributed by atoms with Gasteiger partial charge in [0, 0.05) is 9.75 Å². The van der Waals surface area contributed by atoms with Gasteiger partial charge in [-0.2, -0.15) is 15.4 Å². The topological polar surface area (TPSA) is 61.8 Å². The maximum atomic E-state index is 9.78. The first kappa shape index (κ1) is 8.40. The van der Waals surface area contributed by atoms with E-state index in [-0.39, 0.29) is 0 Å². The molecule has 2 heterocycles. The highest BCUT2D eigenvalue weighted by Crippen LogP contribution is 2.26. The van der Waals surface area contributed by atoms with Crippen LogP contribution >= 0.6 is 11.3 Å². The molecular weight excluding hydrogens is 186 g/mol. The minimum atomic E-state index is -0.655. The van der Waals surface area contributed by atoms with Crippen LogP contribution in [0.3, 0.4) is 0 Å². The lowest BCUT2D eigenvalue weighted by Crippen LogP contribution is -1.96. The summed E-state index contributed by atoms with van der Waals surface area (Å²) >= 11 is 1.56. The molecular formula is C8H9N3OS. The van der Waals surface area contributed by atoms with Gasteiger partial charge in [-0.3, -0.25) is 0 Å². The molecule has 0 saturated heterocycles. The van der Waals surface area contributed by atoms with E-state index in [1.807, 2.05) is 19.1 Å². The van der Waals surface area contributed by atoms with E-state index in [2.05, 4.69) is 15.4 Å². The lowest BCUT2D eigenvalue weighted by atomic mass is 10.2. The van der Waals surface area contributed by atoms with E-state index in [0.717, 1.165) is 4.88 Å². The molecule has 0 spiro atoms. The maximum Gasteiger partial charge on any atom is 0.134 e. The molecule has 2 rings (SSSR count). The molecule has 0 radical (unpaired) electrons. The predicted molar refractivity (Wildman–Crippen MR) is 49.5 cm³/mol. The van der Waals surface area contributed by atoms with Gasteiger partial charge in [-0.15, -0.1) is 11.3 Å². The third kappa shape index (κ3) is 1.61. The van der Waals surface area contributed by atoms with E-state index in [0.29, 0.717) is 5.69 Å². The number of H-pyrrole nitrogens is 1. The zero-order chi connectivity index (χ0) is 9.26. The van der Waals surface area contributed by atoms with Crippen LogP contribution < -0.4 is 0 Å². The van der Waals surface area contributed by atoms with Crippen molar-refractivity contribution in [2.75, 3.05) is 0 Å². The molecule has 0 aliphatic carbocycles. The smallest absolute Gasteiger partial charge is 0.134 e. The fraction of sp³-hybridized carbons (Fsp3) is 0.250. The van der Waals surface area contributed by atoms with E-state index < -0.39 is 6.10 Å². The first-order valence-corrected chi connectivity index (χ1v) is 4.69. The Morgan fingerprint density at radius 1 is 1.54 bits per heavy atom. The second-order valence-corrected chi connectivity index (χ2v) is 4.07. The van der Waals surface area contributed by atoms with Gasteiger partial charge in [-0.05, 0) is 19.1 Å². The second-order valence-electron chi connectivity index (χ2n) is 2.75. The van der Waals surface area contributed by atoms with Crippen molar-refractivity contribution in [2.45, 2.75) is 13.0 Å². The van der Waals surface area contributed by atoms with Gasteiger partial charge in [0.1, 0.15) is 11.8 Å². The van der Waals surface area contributed by atoms with Gasteiger partial charge in [-0.25, -0.2) is 0 Å². The third-order valence-electron chi connectivity index (χ3n) is 1.74. The quantitative estimate of drug-likeness (QED) is 0.758. The summed E-state index contributed by atoms with van der Waals surface area (Å²) in [5.74, 6) is 0. The van der Waals surface area contributed by atoms with Crippen molar-refractivity contribution in [3.8, 4) is 0 Å². The number of hydrogen-bond donors (Lipinski definition) is 2. The van der Waals surface area contributed by atoms with Crippen LogP contribution in [0.25, 0.3) is 0 Å². The van der Waals surface area contributed by atoms with Crippen LogP contribution in [0.5, 0.6) is 0 Å². The number of aliphatic hydroxyl groups is 1. The van der Waals surface area contributed by atoms with Gasteiger partial charge in [0.2, 0.25) is 0 Å². The van der Waals surface area contributed by atoms with E-state index in [9.17, 15) is 5.11 Å². The average molecular weight is 195 g/mol. The van der Waals surface area contributed by atoms with Crippen LogP contribution in [-0.4, -0.2) is 20.5 Å². The Labute approximate surface area is 79.2 Å². The molecule has 5 heteroatoms. The summed E-state index contributed by atoms with van der Waals surface area (Å²) in [6.45, 7) is 2.00. The molecule has 1 unspecified atom stereocenters. The molecule has 4 nitrogen and oxygen atoms in total. The van der Waals surface area contributed by atoms with Gasteiger partial charge in [0.15, 0.2) is 0 Å². The van der Waals surface area contributed by atoms with Crippen LogP contribution in [0.1, 0.15) is 21.6 Å². The zero-order valence-electron chi connectivity index (χ0n) is 7.06. The van der Waals surface area contributed by atoms with Crippen LogP contribution in [-0.2, 0) is 0 Å². The molecule has 0 fully saturated rings. The Kier molecular flexibility index (Phi) is 2.12. The molecule has 0 aliphatic heterocycles. The molecule has 0 saturated carbocycles. The van der Waals surface area contributed by atoms with Crippen LogP contribution in [0, 0.1) is 6.92 Å². The van der Waals surface area contributed by atoms with Crippen molar-refractivity contribution < 1.29 is 5.11 Å². The van der Waals surface area contributed by atoms with Crippen LogP contribution in [0.2, 0.25) is 0 Å². The molecule has 13 heavy (non-hydrogen) atoms. The fourth-order valence-electron chi connectivity index (χ4n) is 1.09. The molecule has 2 aromatic rings. The molecule has 0 bridgehead atoms. The van der Waals surface area contributed by atoms with Crippen molar-refractivity contribution in [1.82, 2.24) is 15.4 Å². The lowest BCUT2D eigenvalue weighted by Gasteiger charge is -2.02. The highest BCUT2D eigenvalue weighted by Gasteiger charge is 2.14. The van der Waals surface area contributed by atoms with Gasteiger partial charge < -0.3 is 5.11 Å². The van der Waals surface area contributed by atoms with Crippen molar-refractivity contribution in [2.24, 2.45) is 0 Å². The number of nitrogens with zero attached hydrogens (tertiary/aromatic N) is 2. The Morgan fingerprint density at radius 2 is 2.38 bits per heavy atom. The molecule has 68 valence electrons. The molecule has 0 aliphatic rings. The molecule has 0 amide bonds. The summed E-state index contributed by atoms with van der Waals surface area (Å²) in [5, 5.41) is 19.7. The highest BCUT2D eigenvalue weighted by atomic mass is 32.1. The standard InChI is InChI=1S/C8H9N3OS/c1-5-2-3-7(13-5)8(12)6-4-9-11-10-6/h2-4,8,12H,1H3,(H,9,10,11). The van der Waals surface area contributed by atoms with Crippen LogP contribution in [0.4, 0.5) is 0 Å². The normalized spacial score (nSPS) is 13.1. The summed E-state index contributed by atoms with van der Waals surface area (Å²) in [6, 6.07) is 3.88. The molecule has 1 atom stereocenters. The van der Waals surface area contributed by atoms with Crippen LogP contribution in [0.15, 0.2) is 18.3 Å². The number of rotatable bonds is 2. The third-order valence-corrected chi connectivity index (χ3v) is 2.80. The van der Waals surface area contributed by atoms with Gasteiger partial charge in [-0.1, -0.05) is 0 Å². The van der Waals surface area contributed by atoms with Gasteiger partial charge in [0.05, 0.1) is 6.20 Å².